The van der Waals surface area contributed by atoms with Crippen molar-refractivity contribution in [1.82, 2.24) is 0 Å². The summed E-state index contributed by atoms with van der Waals surface area (Å²) >= 11 is 0. The molecule has 3 heteroatoms. The van der Waals surface area contributed by atoms with Crippen LogP contribution in [0.15, 0.2) is 0 Å². The summed E-state index contributed by atoms with van der Waals surface area (Å²) < 4.78 is 16.3. The van der Waals surface area contributed by atoms with Crippen LogP contribution in [0.4, 0.5) is 0 Å². The summed E-state index contributed by atoms with van der Waals surface area (Å²) in [5.41, 5.74) is -0.540. The first kappa shape index (κ1) is 11.5. The lowest BCUT2D eigenvalue weighted by Crippen LogP contribution is -2.34. The average Bonchev–Trinajstić information content (AvgIpc) is 2.51. The molecule has 0 saturated carbocycles. The average molecular weight is 198 g/mol. The maximum atomic E-state index is 5.73. The molecule has 4 atom stereocenters. The molecule has 14 heavy (non-hydrogen) atoms. The lowest BCUT2D eigenvalue weighted by Gasteiger charge is -2.25. The molecule has 0 aliphatic carbocycles. The fourth-order valence-corrected chi connectivity index (χ4v) is 2.05. The van der Waals surface area contributed by atoms with Crippen LogP contribution in [0.2, 0.25) is 0 Å². The molecule has 0 aromatic heterocycles. The van der Waals surface area contributed by atoms with Gasteiger partial charge in [-0.25, -0.2) is 0 Å². The Morgan fingerprint density at radius 1 is 1.43 bits per heavy atom. The lowest BCUT2D eigenvalue weighted by atomic mass is 9.86. The number of methoxy groups -OCH3 is 2. The van der Waals surface area contributed by atoms with E-state index in [1.807, 2.05) is 13.8 Å². The van der Waals surface area contributed by atoms with Gasteiger partial charge in [-0.3, -0.25) is 0 Å². The van der Waals surface area contributed by atoms with Crippen LogP contribution in [0.5, 0.6) is 0 Å². The third-order valence-electron chi connectivity index (χ3n) is 3.10. The zero-order valence-electron chi connectivity index (χ0n) is 9.24. The lowest BCUT2D eigenvalue weighted by molar-refractivity contribution is -0.168. The normalized spacial score (nSPS) is 42.4. The van der Waals surface area contributed by atoms with Crippen LogP contribution in [-0.2, 0) is 14.2 Å². The van der Waals surface area contributed by atoms with E-state index in [0.29, 0.717) is 0 Å². The summed E-state index contributed by atoms with van der Waals surface area (Å²) in [4.78, 5) is 0. The van der Waals surface area contributed by atoms with Gasteiger partial charge in [0.05, 0.1) is 0 Å². The monoisotopic (exact) mass is 198 g/mol. The van der Waals surface area contributed by atoms with Gasteiger partial charge in [-0.2, -0.15) is 0 Å². The van der Waals surface area contributed by atoms with Gasteiger partial charge in [-0.1, -0.05) is 19.8 Å². The van der Waals surface area contributed by atoms with Gasteiger partial charge in [0, 0.05) is 20.1 Å². The molecule has 4 unspecified atom stereocenters. The second-order valence-electron chi connectivity index (χ2n) is 3.60. The SMILES string of the molecule is C#CC1(CC)OC(OC)C(OC)C1C. The highest BCUT2D eigenvalue weighted by molar-refractivity contribution is 5.15. The second-order valence-corrected chi connectivity index (χ2v) is 3.60. The van der Waals surface area contributed by atoms with E-state index >= 15 is 0 Å². The van der Waals surface area contributed by atoms with Crippen LogP contribution >= 0.6 is 0 Å². The van der Waals surface area contributed by atoms with Gasteiger partial charge in [0.25, 0.3) is 0 Å². The molecule has 0 aromatic rings. The highest BCUT2D eigenvalue weighted by Gasteiger charge is 2.51. The van der Waals surface area contributed by atoms with Gasteiger partial charge in [-0.15, -0.1) is 6.42 Å². The maximum Gasteiger partial charge on any atom is 0.185 e. The Morgan fingerprint density at radius 2 is 2.07 bits per heavy atom. The molecule has 3 nitrogen and oxygen atoms in total. The number of ether oxygens (including phenoxy) is 3. The predicted molar refractivity (Wildman–Crippen MR) is 53.7 cm³/mol. The molecule has 0 amide bonds. The van der Waals surface area contributed by atoms with E-state index in [-0.39, 0.29) is 18.3 Å². The first-order valence-electron chi connectivity index (χ1n) is 4.86. The number of rotatable bonds is 3. The molecule has 1 aliphatic heterocycles. The fourth-order valence-electron chi connectivity index (χ4n) is 2.05. The van der Waals surface area contributed by atoms with Crippen molar-refractivity contribution in [2.24, 2.45) is 5.92 Å². The van der Waals surface area contributed by atoms with E-state index in [1.165, 1.54) is 0 Å². The highest BCUT2D eigenvalue weighted by atomic mass is 16.7. The third-order valence-corrected chi connectivity index (χ3v) is 3.10. The van der Waals surface area contributed by atoms with Crippen LogP contribution in [-0.4, -0.2) is 32.2 Å². The number of hydrogen-bond donors (Lipinski definition) is 0. The van der Waals surface area contributed by atoms with Crippen LogP contribution in [0.1, 0.15) is 20.3 Å². The van der Waals surface area contributed by atoms with E-state index < -0.39 is 5.60 Å². The minimum Gasteiger partial charge on any atom is -0.376 e. The van der Waals surface area contributed by atoms with Gasteiger partial charge >= 0.3 is 0 Å². The Hall–Kier alpha value is -0.560. The second kappa shape index (κ2) is 4.31. The van der Waals surface area contributed by atoms with Crippen molar-refractivity contribution >= 4 is 0 Å². The molecule has 1 rings (SSSR count). The molecule has 1 saturated heterocycles. The van der Waals surface area contributed by atoms with Crippen molar-refractivity contribution in [3.8, 4) is 12.3 Å². The summed E-state index contributed by atoms with van der Waals surface area (Å²) in [5.74, 6) is 2.87. The Labute approximate surface area is 85.7 Å². The van der Waals surface area contributed by atoms with Crippen molar-refractivity contribution in [2.45, 2.75) is 38.3 Å². The van der Waals surface area contributed by atoms with Crippen LogP contribution in [0, 0.1) is 18.3 Å². The van der Waals surface area contributed by atoms with Crippen molar-refractivity contribution in [3.05, 3.63) is 0 Å². The Morgan fingerprint density at radius 3 is 2.36 bits per heavy atom. The van der Waals surface area contributed by atoms with Gasteiger partial charge in [0.2, 0.25) is 0 Å². The standard InChI is InChI=1S/C11H18O3/c1-6-11(7-2)8(3)9(12-4)10(13-5)14-11/h1,8-10H,7H2,2-5H3. The summed E-state index contributed by atoms with van der Waals surface area (Å²) in [7, 11) is 3.25. The van der Waals surface area contributed by atoms with E-state index in [1.54, 1.807) is 14.2 Å². The molecule has 80 valence electrons. The van der Waals surface area contributed by atoms with Crippen molar-refractivity contribution < 1.29 is 14.2 Å². The zero-order chi connectivity index (χ0) is 10.8. The van der Waals surface area contributed by atoms with E-state index in [0.717, 1.165) is 6.42 Å². The van der Waals surface area contributed by atoms with Gasteiger partial charge in [-0.05, 0) is 6.42 Å². The summed E-state index contributed by atoms with van der Waals surface area (Å²) in [5, 5.41) is 0. The van der Waals surface area contributed by atoms with Gasteiger partial charge < -0.3 is 14.2 Å². The Balaban J connectivity index is 2.90. The predicted octanol–water partition coefficient (Wildman–Crippen LogP) is 1.42. The largest absolute Gasteiger partial charge is 0.376 e. The van der Waals surface area contributed by atoms with Crippen molar-refractivity contribution in [3.63, 3.8) is 0 Å². The van der Waals surface area contributed by atoms with E-state index in [4.69, 9.17) is 20.6 Å². The minimum atomic E-state index is -0.540. The molecule has 0 N–H and O–H groups in total. The van der Waals surface area contributed by atoms with E-state index in [2.05, 4.69) is 5.92 Å². The molecule has 1 aliphatic rings. The molecule has 0 bridgehead atoms. The van der Waals surface area contributed by atoms with Crippen molar-refractivity contribution in [2.75, 3.05) is 14.2 Å². The topological polar surface area (TPSA) is 27.7 Å². The third kappa shape index (κ3) is 1.54. The number of hydrogen-bond acceptors (Lipinski definition) is 3. The van der Waals surface area contributed by atoms with Crippen LogP contribution < -0.4 is 0 Å². The molecule has 0 aromatic carbocycles. The zero-order valence-corrected chi connectivity index (χ0v) is 9.24. The molecule has 0 radical (unpaired) electrons. The molecule has 0 spiro atoms. The molecule has 1 fully saturated rings. The summed E-state index contributed by atoms with van der Waals surface area (Å²) in [6.07, 6.45) is 5.84. The molecular weight excluding hydrogens is 180 g/mol. The summed E-state index contributed by atoms with van der Waals surface area (Å²) in [6.45, 7) is 4.05. The molecule has 1 heterocycles. The fraction of sp³-hybridized carbons (Fsp3) is 0.818. The highest BCUT2D eigenvalue weighted by Crippen LogP contribution is 2.39. The smallest absolute Gasteiger partial charge is 0.185 e. The first-order chi connectivity index (χ1) is 6.65. The van der Waals surface area contributed by atoms with Crippen molar-refractivity contribution in [1.29, 1.82) is 0 Å². The van der Waals surface area contributed by atoms with Crippen LogP contribution in [0.3, 0.4) is 0 Å². The molecular formula is C11H18O3. The first-order valence-corrected chi connectivity index (χ1v) is 4.86. The Bertz CT molecular complexity index is 233. The van der Waals surface area contributed by atoms with Gasteiger partial charge in [0.15, 0.2) is 6.29 Å². The summed E-state index contributed by atoms with van der Waals surface area (Å²) in [6, 6.07) is 0. The number of terminal acetylenes is 1. The van der Waals surface area contributed by atoms with E-state index in [9.17, 15) is 0 Å². The minimum absolute atomic E-state index is 0.0870. The Kier molecular flexibility index (Phi) is 3.54. The van der Waals surface area contributed by atoms with Gasteiger partial charge in [0.1, 0.15) is 11.7 Å². The maximum absolute atomic E-state index is 5.73. The van der Waals surface area contributed by atoms with Crippen LogP contribution in [0.25, 0.3) is 0 Å². The quantitative estimate of drug-likeness (QED) is 0.642.